The van der Waals surface area contributed by atoms with Crippen molar-refractivity contribution in [3.05, 3.63) is 11.1 Å². The first-order valence-corrected chi connectivity index (χ1v) is 6.25. The summed E-state index contributed by atoms with van der Waals surface area (Å²) in [4.78, 5) is 11.6. The fourth-order valence-electron chi connectivity index (χ4n) is 2.15. The minimum atomic E-state index is -0.379. The van der Waals surface area contributed by atoms with E-state index in [1.807, 2.05) is 0 Å². The number of esters is 1. The van der Waals surface area contributed by atoms with Crippen LogP contribution in [0.3, 0.4) is 0 Å². The summed E-state index contributed by atoms with van der Waals surface area (Å²) < 4.78 is 5.00. The van der Waals surface area contributed by atoms with Gasteiger partial charge in [0, 0.05) is 12.0 Å². The first-order chi connectivity index (χ1) is 7.69. The van der Waals surface area contributed by atoms with Gasteiger partial charge in [0.05, 0.1) is 12.7 Å². The highest BCUT2D eigenvalue weighted by molar-refractivity contribution is 5.90. The molecule has 0 heterocycles. The summed E-state index contributed by atoms with van der Waals surface area (Å²) in [6.45, 7) is 4.37. The van der Waals surface area contributed by atoms with Crippen molar-refractivity contribution < 1.29 is 14.6 Å². The molecule has 0 aliphatic heterocycles. The monoisotopic (exact) mass is 226 g/mol. The third-order valence-electron chi connectivity index (χ3n) is 2.95. The molecular weight excluding hydrogens is 204 g/mol. The largest absolute Gasteiger partial charge is 0.463 e. The van der Waals surface area contributed by atoms with Gasteiger partial charge in [-0.3, -0.25) is 0 Å². The molecule has 0 radical (unpaired) electrons. The second-order valence-electron chi connectivity index (χ2n) is 4.32. The van der Waals surface area contributed by atoms with E-state index in [2.05, 4.69) is 6.92 Å². The number of ether oxygens (including phenoxy) is 1. The van der Waals surface area contributed by atoms with E-state index < -0.39 is 0 Å². The van der Waals surface area contributed by atoms with Gasteiger partial charge in [0.1, 0.15) is 0 Å². The fourth-order valence-corrected chi connectivity index (χ4v) is 2.15. The van der Waals surface area contributed by atoms with Crippen molar-refractivity contribution in [1.29, 1.82) is 0 Å². The highest BCUT2D eigenvalue weighted by Gasteiger charge is 2.27. The average Bonchev–Trinajstić information content (AvgIpc) is 2.61. The Hall–Kier alpha value is -0.830. The topological polar surface area (TPSA) is 46.5 Å². The van der Waals surface area contributed by atoms with Crippen LogP contribution >= 0.6 is 0 Å². The van der Waals surface area contributed by atoms with Gasteiger partial charge in [-0.1, -0.05) is 25.3 Å². The molecule has 0 aromatic rings. The Morgan fingerprint density at radius 3 is 2.75 bits per heavy atom. The molecule has 0 amide bonds. The highest BCUT2D eigenvalue weighted by Crippen LogP contribution is 2.31. The van der Waals surface area contributed by atoms with Crippen molar-refractivity contribution in [3.63, 3.8) is 0 Å². The van der Waals surface area contributed by atoms with Crippen LogP contribution in [0, 0.1) is 0 Å². The van der Waals surface area contributed by atoms with E-state index in [4.69, 9.17) is 4.74 Å². The average molecular weight is 226 g/mol. The molecular formula is C13H22O3. The Balaban J connectivity index is 2.58. The van der Waals surface area contributed by atoms with Gasteiger partial charge < -0.3 is 9.84 Å². The molecule has 0 saturated carbocycles. The van der Waals surface area contributed by atoms with Gasteiger partial charge in [-0.25, -0.2) is 4.79 Å². The van der Waals surface area contributed by atoms with Gasteiger partial charge in [-0.05, 0) is 26.2 Å². The van der Waals surface area contributed by atoms with Crippen molar-refractivity contribution >= 4 is 5.97 Å². The van der Waals surface area contributed by atoms with Gasteiger partial charge in [0.25, 0.3) is 0 Å². The van der Waals surface area contributed by atoms with Gasteiger partial charge in [-0.2, -0.15) is 0 Å². The van der Waals surface area contributed by atoms with Crippen LogP contribution < -0.4 is 0 Å². The lowest BCUT2D eigenvalue weighted by molar-refractivity contribution is -0.138. The van der Waals surface area contributed by atoms with E-state index in [0.717, 1.165) is 24.0 Å². The molecule has 92 valence electrons. The third kappa shape index (κ3) is 3.63. The van der Waals surface area contributed by atoms with Crippen molar-refractivity contribution in [2.24, 2.45) is 0 Å². The molecule has 0 aromatic heterocycles. The predicted octanol–water partition coefficient (Wildman–Crippen LogP) is 2.58. The van der Waals surface area contributed by atoms with E-state index in [1.54, 1.807) is 6.92 Å². The van der Waals surface area contributed by atoms with Crippen molar-refractivity contribution in [1.82, 2.24) is 0 Å². The molecule has 0 aromatic carbocycles. The third-order valence-corrected chi connectivity index (χ3v) is 2.95. The number of unbranched alkanes of at least 4 members (excludes halogenated alkanes) is 2. The Morgan fingerprint density at radius 1 is 1.38 bits per heavy atom. The lowest BCUT2D eigenvalue weighted by Crippen LogP contribution is -2.09. The Kier molecular flexibility index (Phi) is 5.53. The molecule has 1 aliphatic carbocycles. The van der Waals surface area contributed by atoms with Crippen LogP contribution in [0.5, 0.6) is 0 Å². The first-order valence-electron chi connectivity index (χ1n) is 6.25. The van der Waals surface area contributed by atoms with Crippen LogP contribution in [0.25, 0.3) is 0 Å². The zero-order chi connectivity index (χ0) is 12.0. The van der Waals surface area contributed by atoms with Gasteiger partial charge >= 0.3 is 5.97 Å². The molecule has 0 fully saturated rings. The quantitative estimate of drug-likeness (QED) is 0.559. The molecule has 1 rings (SSSR count). The number of hydrogen-bond acceptors (Lipinski definition) is 3. The molecule has 1 aliphatic rings. The van der Waals surface area contributed by atoms with Crippen LogP contribution in [-0.4, -0.2) is 23.8 Å². The summed E-state index contributed by atoms with van der Waals surface area (Å²) in [7, 11) is 0. The molecule has 16 heavy (non-hydrogen) atoms. The first kappa shape index (κ1) is 13.2. The minimum Gasteiger partial charge on any atom is -0.463 e. The lowest BCUT2D eigenvalue weighted by Gasteiger charge is -2.06. The maximum atomic E-state index is 11.6. The summed E-state index contributed by atoms with van der Waals surface area (Å²) in [6.07, 6.45) is 5.12. The van der Waals surface area contributed by atoms with Crippen molar-refractivity contribution in [3.8, 4) is 0 Å². The van der Waals surface area contributed by atoms with Crippen LogP contribution in [0.2, 0.25) is 0 Å². The van der Waals surface area contributed by atoms with E-state index >= 15 is 0 Å². The van der Waals surface area contributed by atoms with Crippen molar-refractivity contribution in [2.45, 2.75) is 58.5 Å². The summed E-state index contributed by atoms with van der Waals surface area (Å²) in [5.41, 5.74) is 1.84. The molecule has 0 spiro atoms. The molecule has 3 nitrogen and oxygen atoms in total. The number of carbonyl (C=O) groups excluding carboxylic acids is 1. The summed E-state index contributed by atoms with van der Waals surface area (Å²) >= 11 is 0. The van der Waals surface area contributed by atoms with E-state index in [0.29, 0.717) is 19.4 Å². The minimum absolute atomic E-state index is 0.231. The Morgan fingerprint density at radius 2 is 2.12 bits per heavy atom. The maximum absolute atomic E-state index is 11.6. The van der Waals surface area contributed by atoms with Crippen LogP contribution in [0.1, 0.15) is 52.4 Å². The van der Waals surface area contributed by atoms with E-state index in [9.17, 15) is 9.90 Å². The van der Waals surface area contributed by atoms with E-state index in [1.165, 1.54) is 12.8 Å². The molecule has 0 saturated heterocycles. The smallest absolute Gasteiger partial charge is 0.334 e. The SMILES string of the molecule is CCCCCC1=C(C(=O)OCC)C[C@H](O)C1. The number of carbonyl (C=O) groups is 1. The number of aliphatic hydroxyl groups excluding tert-OH is 1. The number of rotatable bonds is 6. The molecule has 0 bridgehead atoms. The second-order valence-corrected chi connectivity index (χ2v) is 4.32. The van der Waals surface area contributed by atoms with Crippen LogP contribution in [0.15, 0.2) is 11.1 Å². The van der Waals surface area contributed by atoms with E-state index in [-0.39, 0.29) is 12.1 Å². The Bertz CT molecular complexity index is 268. The lowest BCUT2D eigenvalue weighted by atomic mass is 10.0. The van der Waals surface area contributed by atoms with Crippen LogP contribution in [-0.2, 0) is 9.53 Å². The normalized spacial score (nSPS) is 20.3. The fraction of sp³-hybridized carbons (Fsp3) is 0.769. The molecule has 3 heteroatoms. The number of aliphatic hydroxyl groups is 1. The van der Waals surface area contributed by atoms with Gasteiger partial charge in [0.2, 0.25) is 0 Å². The number of hydrogen-bond donors (Lipinski definition) is 1. The molecule has 1 atom stereocenters. The van der Waals surface area contributed by atoms with Gasteiger partial charge in [0.15, 0.2) is 0 Å². The standard InChI is InChI=1S/C13H22O3/c1-3-5-6-7-10-8-11(14)9-12(10)13(15)16-4-2/h11,14H,3-9H2,1-2H3/t11-/m1/s1. The van der Waals surface area contributed by atoms with Gasteiger partial charge in [-0.15, -0.1) is 0 Å². The van der Waals surface area contributed by atoms with Crippen LogP contribution in [0.4, 0.5) is 0 Å². The zero-order valence-corrected chi connectivity index (χ0v) is 10.3. The Labute approximate surface area is 97.5 Å². The van der Waals surface area contributed by atoms with Crippen molar-refractivity contribution in [2.75, 3.05) is 6.61 Å². The maximum Gasteiger partial charge on any atom is 0.334 e. The second kappa shape index (κ2) is 6.69. The summed E-state index contributed by atoms with van der Waals surface area (Å²) in [5.74, 6) is -0.231. The summed E-state index contributed by atoms with van der Waals surface area (Å²) in [5, 5.41) is 9.59. The zero-order valence-electron chi connectivity index (χ0n) is 10.3. The predicted molar refractivity (Wildman–Crippen MR) is 63.0 cm³/mol. The highest BCUT2D eigenvalue weighted by atomic mass is 16.5. The molecule has 0 unspecified atom stereocenters. The summed E-state index contributed by atoms with van der Waals surface area (Å²) in [6, 6.07) is 0. The molecule has 1 N–H and O–H groups in total.